The lowest BCUT2D eigenvalue weighted by Crippen LogP contribution is -2.54. The van der Waals surface area contributed by atoms with Crippen LogP contribution in [0.25, 0.3) is 0 Å². The SMILES string of the molecule is NC12CCC[C@@H](CC1)C21CCCC1. The Morgan fingerprint density at radius 1 is 0.846 bits per heavy atom. The average Bonchev–Trinajstić information content (AvgIpc) is 2.63. The first-order valence-electron chi connectivity index (χ1n) is 6.06. The van der Waals surface area contributed by atoms with E-state index in [2.05, 4.69) is 0 Å². The van der Waals surface area contributed by atoms with Crippen molar-refractivity contribution in [2.45, 2.75) is 63.3 Å². The molecule has 2 atom stereocenters. The zero-order chi connectivity index (χ0) is 8.94. The molecule has 1 heteroatoms. The van der Waals surface area contributed by atoms with Crippen LogP contribution in [0.15, 0.2) is 0 Å². The lowest BCUT2D eigenvalue weighted by molar-refractivity contribution is 0.0610. The van der Waals surface area contributed by atoms with Gasteiger partial charge in [0.1, 0.15) is 0 Å². The predicted octanol–water partition coefficient (Wildman–Crippen LogP) is 2.84. The molecule has 0 aliphatic heterocycles. The molecular formula is C12H21N. The Morgan fingerprint density at radius 2 is 1.62 bits per heavy atom. The summed E-state index contributed by atoms with van der Waals surface area (Å²) < 4.78 is 0. The second kappa shape index (κ2) is 2.50. The van der Waals surface area contributed by atoms with E-state index in [1.54, 1.807) is 0 Å². The molecule has 3 fully saturated rings. The van der Waals surface area contributed by atoms with Gasteiger partial charge in [0.15, 0.2) is 0 Å². The minimum absolute atomic E-state index is 0.270. The highest BCUT2D eigenvalue weighted by Crippen LogP contribution is 2.63. The van der Waals surface area contributed by atoms with E-state index in [1.807, 2.05) is 0 Å². The van der Waals surface area contributed by atoms with Crippen molar-refractivity contribution in [3.05, 3.63) is 0 Å². The Balaban J connectivity index is 2.00. The van der Waals surface area contributed by atoms with Crippen molar-refractivity contribution >= 4 is 0 Å². The first-order chi connectivity index (χ1) is 6.27. The van der Waals surface area contributed by atoms with E-state index in [-0.39, 0.29) is 5.54 Å². The summed E-state index contributed by atoms with van der Waals surface area (Å²) >= 11 is 0. The van der Waals surface area contributed by atoms with Gasteiger partial charge in [0.25, 0.3) is 0 Å². The molecule has 0 heterocycles. The molecule has 1 nitrogen and oxygen atoms in total. The third-order valence-corrected chi connectivity index (χ3v) is 5.38. The van der Waals surface area contributed by atoms with E-state index in [4.69, 9.17) is 5.73 Å². The standard InChI is InChI=1S/C12H21N/c13-12-8-3-4-10(5-9-12)11(12)6-1-2-7-11/h10H,1-9,13H2/t10-,12?/m0/s1. The highest BCUT2D eigenvalue weighted by Gasteiger charge is 2.59. The average molecular weight is 179 g/mol. The molecule has 74 valence electrons. The first kappa shape index (κ1) is 8.28. The van der Waals surface area contributed by atoms with Crippen LogP contribution >= 0.6 is 0 Å². The number of nitrogens with two attached hydrogens (primary N) is 1. The normalized spacial score (nSPS) is 47.3. The third kappa shape index (κ3) is 0.869. The lowest BCUT2D eigenvalue weighted by atomic mass is 9.60. The van der Waals surface area contributed by atoms with Crippen LogP contribution in [0.4, 0.5) is 0 Å². The third-order valence-electron chi connectivity index (χ3n) is 5.38. The molecule has 3 rings (SSSR count). The van der Waals surface area contributed by atoms with Crippen LogP contribution in [0.1, 0.15) is 57.8 Å². The number of hydrogen-bond acceptors (Lipinski definition) is 1. The summed E-state index contributed by atoms with van der Waals surface area (Å²) in [6.45, 7) is 0. The minimum Gasteiger partial charge on any atom is -0.325 e. The van der Waals surface area contributed by atoms with Gasteiger partial charge in [-0.3, -0.25) is 0 Å². The summed E-state index contributed by atoms with van der Waals surface area (Å²) in [6, 6.07) is 0. The van der Waals surface area contributed by atoms with Gasteiger partial charge >= 0.3 is 0 Å². The van der Waals surface area contributed by atoms with Gasteiger partial charge in [-0.05, 0) is 49.9 Å². The van der Waals surface area contributed by atoms with E-state index in [9.17, 15) is 0 Å². The number of rotatable bonds is 0. The highest BCUT2D eigenvalue weighted by atomic mass is 14.9. The van der Waals surface area contributed by atoms with Crippen LogP contribution in [-0.2, 0) is 0 Å². The molecule has 0 radical (unpaired) electrons. The monoisotopic (exact) mass is 179 g/mol. The quantitative estimate of drug-likeness (QED) is 0.608. The molecule has 1 unspecified atom stereocenters. The lowest BCUT2D eigenvalue weighted by Gasteiger charge is -2.48. The molecule has 13 heavy (non-hydrogen) atoms. The molecule has 3 saturated carbocycles. The van der Waals surface area contributed by atoms with Crippen molar-refractivity contribution in [1.82, 2.24) is 0 Å². The van der Waals surface area contributed by atoms with Crippen molar-refractivity contribution in [2.75, 3.05) is 0 Å². The van der Waals surface area contributed by atoms with Gasteiger partial charge < -0.3 is 5.73 Å². The van der Waals surface area contributed by atoms with Gasteiger partial charge in [-0.15, -0.1) is 0 Å². The summed E-state index contributed by atoms with van der Waals surface area (Å²) in [5.41, 5.74) is 7.53. The zero-order valence-electron chi connectivity index (χ0n) is 8.52. The molecule has 2 N–H and O–H groups in total. The second-order valence-electron chi connectivity index (χ2n) is 5.65. The Morgan fingerprint density at radius 3 is 2.31 bits per heavy atom. The van der Waals surface area contributed by atoms with E-state index in [1.165, 1.54) is 57.8 Å². The van der Waals surface area contributed by atoms with E-state index in [0.29, 0.717) is 5.41 Å². The maximum absolute atomic E-state index is 6.64. The van der Waals surface area contributed by atoms with Crippen LogP contribution in [0.5, 0.6) is 0 Å². The van der Waals surface area contributed by atoms with Gasteiger partial charge in [0, 0.05) is 5.54 Å². The summed E-state index contributed by atoms with van der Waals surface area (Å²) in [6.07, 6.45) is 12.8. The molecule has 0 aromatic rings. The van der Waals surface area contributed by atoms with Crippen molar-refractivity contribution in [3.63, 3.8) is 0 Å². The maximum Gasteiger partial charge on any atom is 0.0214 e. The topological polar surface area (TPSA) is 26.0 Å². The molecule has 2 bridgehead atoms. The smallest absolute Gasteiger partial charge is 0.0214 e. The van der Waals surface area contributed by atoms with Crippen LogP contribution < -0.4 is 5.73 Å². The fourth-order valence-electron chi connectivity index (χ4n) is 4.73. The first-order valence-corrected chi connectivity index (χ1v) is 6.06. The summed E-state index contributed by atoms with van der Waals surface area (Å²) in [4.78, 5) is 0. The largest absolute Gasteiger partial charge is 0.325 e. The fourth-order valence-corrected chi connectivity index (χ4v) is 4.73. The van der Waals surface area contributed by atoms with Crippen LogP contribution in [-0.4, -0.2) is 5.54 Å². The Bertz CT molecular complexity index is 213. The Hall–Kier alpha value is -0.0400. The molecule has 3 aliphatic carbocycles. The second-order valence-corrected chi connectivity index (χ2v) is 5.65. The Kier molecular flexibility index (Phi) is 1.59. The summed E-state index contributed by atoms with van der Waals surface area (Å²) in [5.74, 6) is 1.01. The van der Waals surface area contributed by atoms with Crippen molar-refractivity contribution in [2.24, 2.45) is 17.1 Å². The summed E-state index contributed by atoms with van der Waals surface area (Å²) in [5, 5.41) is 0. The van der Waals surface area contributed by atoms with Gasteiger partial charge in [-0.25, -0.2) is 0 Å². The molecule has 0 aromatic heterocycles. The highest BCUT2D eigenvalue weighted by molar-refractivity contribution is 5.14. The molecular weight excluding hydrogens is 158 g/mol. The minimum atomic E-state index is 0.270. The molecule has 0 amide bonds. The van der Waals surface area contributed by atoms with Gasteiger partial charge in [-0.1, -0.05) is 19.3 Å². The Labute approximate surface area is 81.1 Å². The van der Waals surface area contributed by atoms with E-state index in [0.717, 1.165) is 5.92 Å². The molecule has 0 saturated heterocycles. The van der Waals surface area contributed by atoms with Crippen LogP contribution in [0.3, 0.4) is 0 Å². The van der Waals surface area contributed by atoms with Gasteiger partial charge in [-0.2, -0.15) is 0 Å². The maximum atomic E-state index is 6.64. The summed E-state index contributed by atoms with van der Waals surface area (Å²) in [7, 11) is 0. The van der Waals surface area contributed by atoms with Crippen molar-refractivity contribution in [3.8, 4) is 0 Å². The fraction of sp³-hybridized carbons (Fsp3) is 1.00. The van der Waals surface area contributed by atoms with E-state index >= 15 is 0 Å². The zero-order valence-corrected chi connectivity index (χ0v) is 8.52. The van der Waals surface area contributed by atoms with E-state index < -0.39 is 0 Å². The molecule has 0 aromatic carbocycles. The van der Waals surface area contributed by atoms with Crippen molar-refractivity contribution < 1.29 is 0 Å². The molecule has 3 aliphatic rings. The van der Waals surface area contributed by atoms with Gasteiger partial charge in [0.2, 0.25) is 0 Å². The predicted molar refractivity (Wildman–Crippen MR) is 54.4 cm³/mol. The van der Waals surface area contributed by atoms with Gasteiger partial charge in [0.05, 0.1) is 0 Å². The number of hydrogen-bond donors (Lipinski definition) is 1. The van der Waals surface area contributed by atoms with Crippen molar-refractivity contribution in [1.29, 1.82) is 0 Å². The molecule has 1 spiro atoms. The van der Waals surface area contributed by atoms with Crippen LogP contribution in [0, 0.1) is 11.3 Å². The van der Waals surface area contributed by atoms with Crippen LogP contribution in [0.2, 0.25) is 0 Å².